The van der Waals surface area contributed by atoms with Crippen LogP contribution < -0.4 is 4.90 Å². The van der Waals surface area contributed by atoms with E-state index in [0.717, 1.165) is 35.2 Å². The molecular weight excluding hydrogens is 335 g/mol. The monoisotopic (exact) mass is 346 g/mol. The number of aromatic nitrogens is 2. The lowest BCUT2D eigenvalue weighted by atomic mass is 10.0. The Labute approximate surface area is 130 Å². The van der Waals surface area contributed by atoms with Crippen molar-refractivity contribution in [2.24, 2.45) is 0 Å². The van der Waals surface area contributed by atoms with Gasteiger partial charge in [-0.15, -0.1) is 0 Å². The average Bonchev–Trinajstić information content (AvgIpc) is 2.96. The molecular formula is C15H12BrFN4. The highest BCUT2D eigenvalue weighted by atomic mass is 79.9. The van der Waals surface area contributed by atoms with E-state index >= 15 is 0 Å². The molecule has 0 radical (unpaired) electrons. The van der Waals surface area contributed by atoms with E-state index in [-0.39, 0.29) is 11.9 Å². The van der Waals surface area contributed by atoms with Crippen LogP contribution in [0.2, 0.25) is 0 Å². The predicted molar refractivity (Wildman–Crippen MR) is 80.2 cm³/mol. The molecule has 1 fully saturated rings. The highest BCUT2D eigenvalue weighted by Crippen LogP contribution is 2.36. The van der Waals surface area contributed by atoms with E-state index in [1.807, 2.05) is 12.1 Å². The molecule has 1 aromatic carbocycles. The van der Waals surface area contributed by atoms with Gasteiger partial charge in [0.05, 0.1) is 18.4 Å². The molecule has 0 aliphatic carbocycles. The Bertz CT molecular complexity index is 676. The van der Waals surface area contributed by atoms with Crippen LogP contribution in [-0.4, -0.2) is 16.5 Å². The Morgan fingerprint density at radius 2 is 2.14 bits per heavy atom. The molecule has 6 heteroatoms. The molecule has 2 aromatic rings. The van der Waals surface area contributed by atoms with E-state index in [1.165, 1.54) is 12.3 Å². The summed E-state index contributed by atoms with van der Waals surface area (Å²) in [6.45, 7) is 0.847. The van der Waals surface area contributed by atoms with Gasteiger partial charge in [0, 0.05) is 11.0 Å². The standard InChI is InChI=1S/C15H12BrFN4/c16-11-4-10(5-12(17)6-11)14-2-1-3-21(14)15-9-19-13(7-18)8-20-15/h4-6,8-9,14H,1-3H2/t14-/m1/s1. The van der Waals surface area contributed by atoms with Crippen LogP contribution in [0.25, 0.3) is 0 Å². The fourth-order valence-electron chi connectivity index (χ4n) is 2.68. The lowest BCUT2D eigenvalue weighted by molar-refractivity contribution is 0.617. The van der Waals surface area contributed by atoms with Crippen molar-refractivity contribution < 1.29 is 4.39 Å². The van der Waals surface area contributed by atoms with E-state index in [0.29, 0.717) is 5.69 Å². The predicted octanol–water partition coefficient (Wildman–Crippen LogP) is 3.59. The number of rotatable bonds is 2. The molecule has 1 atom stereocenters. The third-order valence-corrected chi connectivity index (χ3v) is 4.03. The molecule has 4 nitrogen and oxygen atoms in total. The van der Waals surface area contributed by atoms with E-state index < -0.39 is 0 Å². The first kappa shape index (κ1) is 14.0. The minimum atomic E-state index is -0.253. The Morgan fingerprint density at radius 3 is 2.81 bits per heavy atom. The van der Waals surface area contributed by atoms with Crippen molar-refractivity contribution in [2.75, 3.05) is 11.4 Å². The van der Waals surface area contributed by atoms with Crippen LogP contribution in [0.3, 0.4) is 0 Å². The fraction of sp³-hybridized carbons (Fsp3) is 0.267. The molecule has 2 heterocycles. The number of benzene rings is 1. The lowest BCUT2D eigenvalue weighted by Crippen LogP contribution is -2.23. The van der Waals surface area contributed by atoms with E-state index in [9.17, 15) is 4.39 Å². The van der Waals surface area contributed by atoms with Crippen molar-refractivity contribution in [2.45, 2.75) is 18.9 Å². The second-order valence-electron chi connectivity index (χ2n) is 4.93. The summed E-state index contributed by atoms with van der Waals surface area (Å²) in [5, 5.41) is 8.77. The topological polar surface area (TPSA) is 52.8 Å². The van der Waals surface area contributed by atoms with Gasteiger partial charge in [0.25, 0.3) is 0 Å². The second kappa shape index (κ2) is 5.78. The second-order valence-corrected chi connectivity index (χ2v) is 5.84. The van der Waals surface area contributed by atoms with Crippen LogP contribution in [0.1, 0.15) is 30.1 Å². The summed E-state index contributed by atoms with van der Waals surface area (Å²) in [6, 6.07) is 6.98. The number of anilines is 1. The molecule has 0 unspecified atom stereocenters. The molecule has 21 heavy (non-hydrogen) atoms. The average molecular weight is 347 g/mol. The Morgan fingerprint density at radius 1 is 1.29 bits per heavy atom. The molecule has 3 rings (SSSR count). The molecule has 1 aliphatic rings. The van der Waals surface area contributed by atoms with Gasteiger partial charge in [-0.2, -0.15) is 5.26 Å². The number of nitrogens with zero attached hydrogens (tertiary/aromatic N) is 4. The van der Waals surface area contributed by atoms with Gasteiger partial charge in [0.1, 0.15) is 17.7 Å². The fourth-order valence-corrected chi connectivity index (χ4v) is 3.17. The van der Waals surface area contributed by atoms with Gasteiger partial charge in [-0.25, -0.2) is 14.4 Å². The number of nitriles is 1. The first-order chi connectivity index (χ1) is 10.2. The van der Waals surface area contributed by atoms with Crippen molar-refractivity contribution in [3.05, 3.63) is 52.1 Å². The van der Waals surface area contributed by atoms with E-state index in [2.05, 4.69) is 30.8 Å². The van der Waals surface area contributed by atoms with Gasteiger partial charge < -0.3 is 4.90 Å². The van der Waals surface area contributed by atoms with Crippen LogP contribution in [-0.2, 0) is 0 Å². The molecule has 0 N–H and O–H groups in total. The Hall–Kier alpha value is -2.00. The number of hydrogen-bond donors (Lipinski definition) is 0. The molecule has 0 spiro atoms. The first-order valence-electron chi connectivity index (χ1n) is 6.62. The van der Waals surface area contributed by atoms with Crippen molar-refractivity contribution in [1.29, 1.82) is 5.26 Å². The van der Waals surface area contributed by atoms with Gasteiger partial charge in [-0.1, -0.05) is 15.9 Å². The summed E-state index contributed by atoms with van der Waals surface area (Å²) in [5.74, 6) is 0.467. The van der Waals surface area contributed by atoms with Gasteiger partial charge in [-0.3, -0.25) is 0 Å². The molecule has 1 aromatic heterocycles. The molecule has 106 valence electrons. The summed E-state index contributed by atoms with van der Waals surface area (Å²) in [4.78, 5) is 10.5. The Kier molecular flexibility index (Phi) is 3.84. The summed E-state index contributed by atoms with van der Waals surface area (Å²) in [7, 11) is 0. The Balaban J connectivity index is 1.93. The zero-order valence-electron chi connectivity index (χ0n) is 11.1. The maximum absolute atomic E-state index is 13.6. The van der Waals surface area contributed by atoms with Gasteiger partial charge in [0.15, 0.2) is 5.69 Å². The molecule has 0 amide bonds. The van der Waals surface area contributed by atoms with Crippen LogP contribution in [0.15, 0.2) is 35.1 Å². The lowest BCUT2D eigenvalue weighted by Gasteiger charge is -2.26. The normalized spacial score (nSPS) is 17.8. The van der Waals surface area contributed by atoms with Crippen molar-refractivity contribution in [3.63, 3.8) is 0 Å². The van der Waals surface area contributed by atoms with Crippen LogP contribution >= 0.6 is 15.9 Å². The summed E-state index contributed by atoms with van der Waals surface area (Å²) in [5.41, 5.74) is 1.22. The highest BCUT2D eigenvalue weighted by molar-refractivity contribution is 9.10. The third kappa shape index (κ3) is 2.88. The zero-order chi connectivity index (χ0) is 14.8. The van der Waals surface area contributed by atoms with Crippen molar-refractivity contribution in [1.82, 2.24) is 9.97 Å². The van der Waals surface area contributed by atoms with Gasteiger partial charge in [0.2, 0.25) is 0 Å². The number of hydrogen-bond acceptors (Lipinski definition) is 4. The highest BCUT2D eigenvalue weighted by Gasteiger charge is 2.27. The van der Waals surface area contributed by atoms with Gasteiger partial charge in [-0.05, 0) is 36.6 Å². The van der Waals surface area contributed by atoms with Crippen molar-refractivity contribution >= 4 is 21.7 Å². The summed E-state index contributed by atoms with van der Waals surface area (Å²) >= 11 is 3.33. The smallest absolute Gasteiger partial charge is 0.158 e. The molecule has 1 saturated heterocycles. The first-order valence-corrected chi connectivity index (χ1v) is 7.41. The molecule has 0 bridgehead atoms. The van der Waals surface area contributed by atoms with Crippen LogP contribution in [0, 0.1) is 17.1 Å². The van der Waals surface area contributed by atoms with Crippen LogP contribution in [0.4, 0.5) is 10.2 Å². The zero-order valence-corrected chi connectivity index (χ0v) is 12.7. The van der Waals surface area contributed by atoms with Crippen molar-refractivity contribution in [3.8, 4) is 6.07 Å². The van der Waals surface area contributed by atoms with Crippen LogP contribution in [0.5, 0.6) is 0 Å². The third-order valence-electron chi connectivity index (χ3n) is 3.57. The largest absolute Gasteiger partial charge is 0.348 e. The van der Waals surface area contributed by atoms with Gasteiger partial charge >= 0.3 is 0 Å². The molecule has 0 saturated carbocycles. The number of halogens is 2. The van der Waals surface area contributed by atoms with E-state index in [1.54, 1.807) is 12.3 Å². The SMILES string of the molecule is N#Cc1cnc(N2CCC[C@@H]2c2cc(F)cc(Br)c2)cn1. The minimum absolute atomic E-state index is 0.0826. The quantitative estimate of drug-likeness (QED) is 0.833. The molecule has 1 aliphatic heterocycles. The minimum Gasteiger partial charge on any atom is -0.348 e. The summed E-state index contributed by atoms with van der Waals surface area (Å²) in [6.07, 6.45) is 5.02. The summed E-state index contributed by atoms with van der Waals surface area (Å²) < 4.78 is 14.3. The maximum atomic E-state index is 13.6. The van der Waals surface area contributed by atoms with E-state index in [4.69, 9.17) is 5.26 Å². The maximum Gasteiger partial charge on any atom is 0.158 e.